The van der Waals surface area contributed by atoms with Crippen LogP contribution in [-0.2, 0) is 6.54 Å². The Kier molecular flexibility index (Phi) is 5.59. The Balaban J connectivity index is 2.46. The van der Waals surface area contributed by atoms with Gasteiger partial charge >= 0.3 is 6.18 Å². The Bertz CT molecular complexity index is 428. The third-order valence-corrected chi connectivity index (χ3v) is 3.15. The Labute approximate surface area is 114 Å². The van der Waals surface area contributed by atoms with Crippen LogP contribution < -0.4 is 5.32 Å². The van der Waals surface area contributed by atoms with E-state index in [1.807, 2.05) is 12.3 Å². The molecule has 19 heavy (non-hydrogen) atoms. The molecule has 8 heteroatoms. The number of rotatable bonds is 4. The number of thiazole rings is 1. The summed E-state index contributed by atoms with van der Waals surface area (Å²) in [5.74, 6) is 0.426. The molecule has 0 bridgehead atoms. The quantitative estimate of drug-likeness (QED) is 0.685. The number of alkyl halides is 3. The fraction of sp³-hybridized carbons (Fsp3) is 0.636. The lowest BCUT2D eigenvalue weighted by atomic mass is 10.4. The second-order valence-electron chi connectivity index (χ2n) is 4.05. The van der Waals surface area contributed by atoms with Crippen molar-refractivity contribution in [2.45, 2.75) is 26.1 Å². The first-order valence-electron chi connectivity index (χ1n) is 5.71. The van der Waals surface area contributed by atoms with Crippen LogP contribution in [0, 0.1) is 6.92 Å². The van der Waals surface area contributed by atoms with E-state index in [4.69, 9.17) is 0 Å². The van der Waals surface area contributed by atoms with Gasteiger partial charge in [-0.3, -0.25) is 4.99 Å². The molecule has 0 aliphatic carbocycles. The van der Waals surface area contributed by atoms with Crippen molar-refractivity contribution in [2.75, 3.05) is 20.6 Å². The summed E-state index contributed by atoms with van der Waals surface area (Å²) in [6, 6.07) is 0. The lowest BCUT2D eigenvalue weighted by Gasteiger charge is -2.21. The molecule has 1 aromatic rings. The molecule has 0 aromatic carbocycles. The van der Waals surface area contributed by atoms with E-state index in [0.717, 1.165) is 10.7 Å². The Morgan fingerprint density at radius 1 is 1.53 bits per heavy atom. The van der Waals surface area contributed by atoms with E-state index in [9.17, 15) is 13.2 Å². The Hall–Kier alpha value is -1.31. The van der Waals surface area contributed by atoms with Gasteiger partial charge in [-0.25, -0.2) is 4.98 Å². The van der Waals surface area contributed by atoms with Gasteiger partial charge in [0.05, 0.1) is 23.7 Å². The summed E-state index contributed by atoms with van der Waals surface area (Å²) in [6.07, 6.45) is -5.04. The van der Waals surface area contributed by atoms with Gasteiger partial charge in [-0.15, -0.1) is 11.3 Å². The first kappa shape index (κ1) is 15.7. The van der Waals surface area contributed by atoms with Crippen LogP contribution in [0.5, 0.6) is 0 Å². The highest BCUT2D eigenvalue weighted by molar-refractivity contribution is 7.09. The molecule has 0 aliphatic heterocycles. The molecule has 0 spiro atoms. The van der Waals surface area contributed by atoms with Gasteiger partial charge in [0.1, 0.15) is 0 Å². The summed E-state index contributed by atoms with van der Waals surface area (Å²) in [6.45, 7) is 2.23. The van der Waals surface area contributed by atoms with Crippen molar-refractivity contribution in [3.63, 3.8) is 0 Å². The lowest BCUT2D eigenvalue weighted by molar-refractivity contribution is -0.132. The maximum Gasteiger partial charge on any atom is 0.390 e. The number of nitrogens with one attached hydrogen (secondary N) is 1. The number of nitrogens with zero attached hydrogens (tertiary/aromatic N) is 3. The second kappa shape index (κ2) is 6.74. The minimum absolute atomic E-state index is 0.184. The van der Waals surface area contributed by atoms with Gasteiger partial charge in [-0.05, 0) is 6.92 Å². The van der Waals surface area contributed by atoms with Crippen LogP contribution in [0.2, 0.25) is 0 Å². The number of guanidine groups is 1. The second-order valence-corrected chi connectivity index (χ2v) is 5.12. The molecule has 0 unspecified atom stereocenters. The number of aromatic nitrogens is 1. The molecule has 1 heterocycles. The normalized spacial score (nSPS) is 12.6. The molecule has 0 saturated carbocycles. The molecule has 108 valence electrons. The zero-order valence-electron chi connectivity index (χ0n) is 11.1. The lowest BCUT2D eigenvalue weighted by Crippen LogP contribution is -2.39. The molecule has 1 aromatic heterocycles. The Morgan fingerprint density at radius 2 is 2.21 bits per heavy atom. The summed E-state index contributed by atoms with van der Waals surface area (Å²) < 4.78 is 36.2. The monoisotopic (exact) mass is 294 g/mol. The van der Waals surface area contributed by atoms with Crippen molar-refractivity contribution in [2.24, 2.45) is 4.99 Å². The van der Waals surface area contributed by atoms with E-state index in [1.165, 1.54) is 0 Å². The maximum absolute atomic E-state index is 12.1. The van der Waals surface area contributed by atoms with Crippen LogP contribution >= 0.6 is 11.3 Å². The highest BCUT2D eigenvalue weighted by Gasteiger charge is 2.26. The number of hydrogen-bond acceptors (Lipinski definition) is 3. The molecule has 1 N–H and O–H groups in total. The largest absolute Gasteiger partial charge is 0.390 e. The van der Waals surface area contributed by atoms with E-state index in [1.54, 1.807) is 30.3 Å². The summed E-state index contributed by atoms with van der Waals surface area (Å²) in [4.78, 5) is 9.99. The molecule has 0 radical (unpaired) electrons. The summed E-state index contributed by atoms with van der Waals surface area (Å²) in [5, 5.41) is 5.57. The van der Waals surface area contributed by atoms with Crippen LogP contribution in [0.1, 0.15) is 17.1 Å². The molecule has 0 aliphatic rings. The molecule has 0 amide bonds. The number of aryl methyl sites for hydroxylation is 1. The molecular formula is C11H17F3N4S. The van der Waals surface area contributed by atoms with Crippen LogP contribution in [-0.4, -0.2) is 42.7 Å². The van der Waals surface area contributed by atoms with Crippen LogP contribution in [0.4, 0.5) is 13.2 Å². The minimum atomic E-state index is -4.16. The summed E-state index contributed by atoms with van der Waals surface area (Å²) >= 11 is 1.54. The SMILES string of the molecule is CN=C(NCCC(F)(F)F)N(C)Cc1csc(C)n1. The zero-order chi connectivity index (χ0) is 14.5. The van der Waals surface area contributed by atoms with E-state index in [-0.39, 0.29) is 6.54 Å². The fourth-order valence-electron chi connectivity index (χ4n) is 1.50. The summed E-state index contributed by atoms with van der Waals surface area (Å²) in [5.41, 5.74) is 0.878. The number of hydrogen-bond donors (Lipinski definition) is 1. The van der Waals surface area contributed by atoms with E-state index in [2.05, 4.69) is 15.3 Å². The van der Waals surface area contributed by atoms with Crippen molar-refractivity contribution < 1.29 is 13.2 Å². The van der Waals surface area contributed by atoms with Gasteiger partial charge in [-0.2, -0.15) is 13.2 Å². The minimum Gasteiger partial charge on any atom is -0.356 e. The van der Waals surface area contributed by atoms with Crippen molar-refractivity contribution in [1.29, 1.82) is 0 Å². The number of aliphatic imine (C=N–C) groups is 1. The molecule has 0 atom stereocenters. The fourth-order valence-corrected chi connectivity index (χ4v) is 2.10. The van der Waals surface area contributed by atoms with E-state index >= 15 is 0 Å². The predicted octanol–water partition coefficient (Wildman–Crippen LogP) is 2.41. The standard InChI is InChI=1S/C11H17F3N4S/c1-8-17-9(7-19-8)6-18(3)10(15-2)16-5-4-11(12,13)14/h7H,4-6H2,1-3H3,(H,15,16). The van der Waals surface area contributed by atoms with Crippen molar-refractivity contribution in [1.82, 2.24) is 15.2 Å². The first-order chi connectivity index (χ1) is 8.81. The van der Waals surface area contributed by atoms with Gasteiger partial charge in [-0.1, -0.05) is 0 Å². The zero-order valence-corrected chi connectivity index (χ0v) is 11.9. The topological polar surface area (TPSA) is 40.5 Å². The van der Waals surface area contributed by atoms with Gasteiger partial charge in [0.25, 0.3) is 0 Å². The summed E-state index contributed by atoms with van der Waals surface area (Å²) in [7, 11) is 3.30. The maximum atomic E-state index is 12.1. The first-order valence-corrected chi connectivity index (χ1v) is 6.59. The predicted molar refractivity (Wildman–Crippen MR) is 70.4 cm³/mol. The molecule has 0 saturated heterocycles. The average Bonchev–Trinajstić information content (AvgIpc) is 2.68. The molecule has 4 nitrogen and oxygen atoms in total. The smallest absolute Gasteiger partial charge is 0.356 e. The van der Waals surface area contributed by atoms with Gasteiger partial charge in [0.2, 0.25) is 0 Å². The third-order valence-electron chi connectivity index (χ3n) is 2.33. The highest BCUT2D eigenvalue weighted by Crippen LogP contribution is 2.18. The van der Waals surface area contributed by atoms with Crippen LogP contribution in [0.15, 0.2) is 10.4 Å². The van der Waals surface area contributed by atoms with Crippen LogP contribution in [0.3, 0.4) is 0 Å². The number of halogens is 3. The average molecular weight is 294 g/mol. The van der Waals surface area contributed by atoms with Crippen molar-refractivity contribution >= 4 is 17.3 Å². The molecular weight excluding hydrogens is 277 g/mol. The van der Waals surface area contributed by atoms with Gasteiger partial charge in [0.15, 0.2) is 5.96 Å². The van der Waals surface area contributed by atoms with Crippen molar-refractivity contribution in [3.05, 3.63) is 16.1 Å². The van der Waals surface area contributed by atoms with Crippen molar-refractivity contribution in [3.8, 4) is 0 Å². The van der Waals surface area contributed by atoms with Gasteiger partial charge < -0.3 is 10.2 Å². The Morgan fingerprint density at radius 3 is 2.68 bits per heavy atom. The van der Waals surface area contributed by atoms with Crippen LogP contribution in [0.25, 0.3) is 0 Å². The van der Waals surface area contributed by atoms with Gasteiger partial charge in [0, 0.05) is 26.0 Å². The molecule has 1 rings (SSSR count). The third kappa shape index (κ3) is 5.91. The highest BCUT2D eigenvalue weighted by atomic mass is 32.1. The van der Waals surface area contributed by atoms with E-state index in [0.29, 0.717) is 12.5 Å². The van der Waals surface area contributed by atoms with E-state index < -0.39 is 12.6 Å². The molecule has 0 fully saturated rings.